The van der Waals surface area contributed by atoms with Crippen LogP contribution in [0.5, 0.6) is 0 Å². The minimum atomic E-state index is 0.240. The molecule has 0 radical (unpaired) electrons. The Kier molecular flexibility index (Phi) is 4.95. The Morgan fingerprint density at radius 1 is 1.21 bits per heavy atom. The number of aliphatic hydroxyl groups is 1. The van der Waals surface area contributed by atoms with Crippen molar-refractivity contribution in [1.29, 1.82) is 0 Å². The van der Waals surface area contributed by atoms with Crippen molar-refractivity contribution in [1.82, 2.24) is 0 Å². The van der Waals surface area contributed by atoms with E-state index in [9.17, 15) is 5.11 Å². The SMILES string of the molecule is C=C/C=C/CCC1(CO)CCCCC1. The lowest BCUT2D eigenvalue weighted by Crippen LogP contribution is -2.27. The van der Waals surface area contributed by atoms with Gasteiger partial charge in [-0.15, -0.1) is 0 Å². The Morgan fingerprint density at radius 2 is 1.93 bits per heavy atom. The predicted molar refractivity (Wildman–Crippen MR) is 61.2 cm³/mol. The van der Waals surface area contributed by atoms with Gasteiger partial charge in [0, 0.05) is 6.61 Å². The summed E-state index contributed by atoms with van der Waals surface area (Å²) in [5.41, 5.74) is 0.240. The molecule has 0 atom stereocenters. The monoisotopic (exact) mass is 194 g/mol. The van der Waals surface area contributed by atoms with E-state index in [2.05, 4.69) is 12.7 Å². The van der Waals surface area contributed by atoms with E-state index in [4.69, 9.17) is 0 Å². The summed E-state index contributed by atoms with van der Waals surface area (Å²) in [6.07, 6.45) is 14.5. The smallest absolute Gasteiger partial charge is 0.0487 e. The zero-order valence-electron chi connectivity index (χ0n) is 9.04. The van der Waals surface area contributed by atoms with Gasteiger partial charge < -0.3 is 5.11 Å². The van der Waals surface area contributed by atoms with Gasteiger partial charge in [-0.2, -0.15) is 0 Å². The third-order valence-electron chi connectivity index (χ3n) is 3.36. The van der Waals surface area contributed by atoms with Gasteiger partial charge in [0.05, 0.1) is 0 Å². The quantitative estimate of drug-likeness (QED) is 0.665. The van der Waals surface area contributed by atoms with Crippen molar-refractivity contribution >= 4 is 0 Å². The molecule has 0 amide bonds. The van der Waals surface area contributed by atoms with E-state index < -0.39 is 0 Å². The van der Waals surface area contributed by atoms with E-state index in [0.717, 1.165) is 12.8 Å². The minimum absolute atomic E-state index is 0.240. The molecule has 1 aliphatic rings. The van der Waals surface area contributed by atoms with Crippen LogP contribution in [0, 0.1) is 5.41 Å². The van der Waals surface area contributed by atoms with Crippen molar-refractivity contribution in [2.45, 2.75) is 44.9 Å². The molecule has 1 heteroatoms. The Balaban J connectivity index is 2.35. The summed E-state index contributed by atoms with van der Waals surface area (Å²) in [7, 11) is 0. The highest BCUT2D eigenvalue weighted by molar-refractivity contribution is 4.98. The van der Waals surface area contributed by atoms with Crippen molar-refractivity contribution in [3.05, 3.63) is 24.8 Å². The molecule has 0 unspecified atom stereocenters. The van der Waals surface area contributed by atoms with Crippen LogP contribution in [-0.2, 0) is 0 Å². The van der Waals surface area contributed by atoms with Crippen LogP contribution in [0.15, 0.2) is 24.8 Å². The van der Waals surface area contributed by atoms with E-state index in [1.807, 2.05) is 12.2 Å². The normalized spacial score (nSPS) is 21.2. The molecule has 0 heterocycles. The summed E-state index contributed by atoms with van der Waals surface area (Å²) in [6, 6.07) is 0. The van der Waals surface area contributed by atoms with Gasteiger partial charge in [-0.1, -0.05) is 44.1 Å². The van der Waals surface area contributed by atoms with Gasteiger partial charge in [0.15, 0.2) is 0 Å². The molecule has 14 heavy (non-hydrogen) atoms. The standard InChI is InChI=1S/C13H22O/c1-2-3-4-6-9-13(12-14)10-7-5-8-11-13/h2-4,14H,1,5-12H2/b4-3+. The summed E-state index contributed by atoms with van der Waals surface area (Å²) in [6.45, 7) is 4.02. The van der Waals surface area contributed by atoms with Crippen molar-refractivity contribution in [2.75, 3.05) is 6.61 Å². The fraction of sp³-hybridized carbons (Fsp3) is 0.692. The molecular weight excluding hydrogens is 172 g/mol. The predicted octanol–water partition coefficient (Wildman–Crippen LogP) is 3.45. The highest BCUT2D eigenvalue weighted by atomic mass is 16.3. The molecule has 1 fully saturated rings. The fourth-order valence-electron chi connectivity index (χ4n) is 2.37. The lowest BCUT2D eigenvalue weighted by atomic mass is 9.72. The second kappa shape index (κ2) is 6.02. The van der Waals surface area contributed by atoms with E-state index in [0.29, 0.717) is 6.61 Å². The molecule has 0 aromatic carbocycles. The van der Waals surface area contributed by atoms with Gasteiger partial charge >= 0.3 is 0 Å². The van der Waals surface area contributed by atoms with E-state index in [-0.39, 0.29) is 5.41 Å². The van der Waals surface area contributed by atoms with Crippen molar-refractivity contribution in [2.24, 2.45) is 5.41 Å². The maximum absolute atomic E-state index is 9.45. The molecule has 0 aliphatic heterocycles. The van der Waals surface area contributed by atoms with Crippen LogP contribution in [0.3, 0.4) is 0 Å². The van der Waals surface area contributed by atoms with Crippen LogP contribution in [0.1, 0.15) is 44.9 Å². The first-order valence-corrected chi connectivity index (χ1v) is 5.71. The van der Waals surface area contributed by atoms with Crippen LogP contribution in [-0.4, -0.2) is 11.7 Å². The first kappa shape index (κ1) is 11.5. The summed E-state index contributed by atoms with van der Waals surface area (Å²) >= 11 is 0. The molecule has 0 aromatic rings. The molecule has 0 spiro atoms. The van der Waals surface area contributed by atoms with Gasteiger partial charge in [-0.05, 0) is 31.1 Å². The molecule has 1 rings (SSSR count). The van der Waals surface area contributed by atoms with E-state index in [1.165, 1.54) is 32.1 Å². The van der Waals surface area contributed by atoms with Crippen molar-refractivity contribution < 1.29 is 5.11 Å². The molecule has 0 saturated heterocycles. The van der Waals surface area contributed by atoms with Crippen molar-refractivity contribution in [3.8, 4) is 0 Å². The zero-order chi connectivity index (χ0) is 10.3. The molecule has 0 aromatic heterocycles. The molecule has 1 aliphatic carbocycles. The number of allylic oxidation sites excluding steroid dienone is 3. The topological polar surface area (TPSA) is 20.2 Å². The molecule has 1 nitrogen and oxygen atoms in total. The van der Waals surface area contributed by atoms with Gasteiger partial charge in [0.2, 0.25) is 0 Å². The highest BCUT2D eigenvalue weighted by Crippen LogP contribution is 2.39. The molecule has 1 N–H and O–H groups in total. The highest BCUT2D eigenvalue weighted by Gasteiger charge is 2.30. The summed E-state index contributed by atoms with van der Waals surface area (Å²) in [5.74, 6) is 0. The average molecular weight is 194 g/mol. The Labute approximate surface area is 87.5 Å². The number of hydrogen-bond donors (Lipinski definition) is 1. The number of rotatable bonds is 5. The van der Waals surface area contributed by atoms with Gasteiger partial charge in [0.1, 0.15) is 0 Å². The van der Waals surface area contributed by atoms with Crippen LogP contribution < -0.4 is 0 Å². The number of aliphatic hydroxyl groups excluding tert-OH is 1. The van der Waals surface area contributed by atoms with Crippen LogP contribution in [0.25, 0.3) is 0 Å². The van der Waals surface area contributed by atoms with Crippen molar-refractivity contribution in [3.63, 3.8) is 0 Å². The average Bonchev–Trinajstić information content (AvgIpc) is 2.26. The maximum atomic E-state index is 9.45. The van der Waals surface area contributed by atoms with E-state index >= 15 is 0 Å². The largest absolute Gasteiger partial charge is 0.396 e. The maximum Gasteiger partial charge on any atom is 0.0487 e. The van der Waals surface area contributed by atoms with Gasteiger partial charge in [-0.3, -0.25) is 0 Å². The van der Waals surface area contributed by atoms with Gasteiger partial charge in [0.25, 0.3) is 0 Å². The Hall–Kier alpha value is -0.560. The summed E-state index contributed by atoms with van der Waals surface area (Å²) in [4.78, 5) is 0. The van der Waals surface area contributed by atoms with Crippen LogP contribution in [0.2, 0.25) is 0 Å². The fourth-order valence-corrected chi connectivity index (χ4v) is 2.37. The van der Waals surface area contributed by atoms with Crippen LogP contribution in [0.4, 0.5) is 0 Å². The molecule has 80 valence electrons. The third-order valence-corrected chi connectivity index (χ3v) is 3.36. The number of hydrogen-bond acceptors (Lipinski definition) is 1. The minimum Gasteiger partial charge on any atom is -0.396 e. The first-order chi connectivity index (χ1) is 6.83. The Bertz CT molecular complexity index is 187. The van der Waals surface area contributed by atoms with Crippen LogP contribution >= 0.6 is 0 Å². The lowest BCUT2D eigenvalue weighted by Gasteiger charge is -2.35. The second-order valence-corrected chi connectivity index (χ2v) is 4.42. The lowest BCUT2D eigenvalue weighted by molar-refractivity contribution is 0.0744. The first-order valence-electron chi connectivity index (χ1n) is 5.71. The third kappa shape index (κ3) is 3.30. The Morgan fingerprint density at radius 3 is 2.50 bits per heavy atom. The molecule has 1 saturated carbocycles. The van der Waals surface area contributed by atoms with E-state index in [1.54, 1.807) is 0 Å². The van der Waals surface area contributed by atoms with Gasteiger partial charge in [-0.25, -0.2) is 0 Å². The summed E-state index contributed by atoms with van der Waals surface area (Å²) in [5, 5.41) is 9.45. The molecular formula is C13H22O. The summed E-state index contributed by atoms with van der Waals surface area (Å²) < 4.78 is 0. The second-order valence-electron chi connectivity index (χ2n) is 4.42. The zero-order valence-corrected chi connectivity index (χ0v) is 9.04. The molecule has 0 bridgehead atoms.